The SMILES string of the molecule is CCNc1ccc2cc(C(=O)NS(=O)(=O)c3ccccc3OCC)oc2c1. The molecule has 0 saturated heterocycles. The average Bonchev–Trinajstić information content (AvgIpc) is 3.06. The molecule has 142 valence electrons. The summed E-state index contributed by atoms with van der Waals surface area (Å²) in [6.45, 7) is 4.77. The zero-order valence-electron chi connectivity index (χ0n) is 15.0. The minimum Gasteiger partial charge on any atom is -0.492 e. The van der Waals surface area contributed by atoms with Crippen LogP contribution >= 0.6 is 0 Å². The number of hydrogen-bond acceptors (Lipinski definition) is 6. The Bertz CT molecular complexity index is 1070. The Morgan fingerprint density at radius 2 is 1.89 bits per heavy atom. The monoisotopic (exact) mass is 388 g/mol. The van der Waals surface area contributed by atoms with E-state index in [-0.39, 0.29) is 16.4 Å². The summed E-state index contributed by atoms with van der Waals surface area (Å²) in [5.41, 5.74) is 1.34. The molecule has 1 aromatic heterocycles. The molecule has 0 aliphatic rings. The van der Waals surface area contributed by atoms with Crippen LogP contribution in [0.2, 0.25) is 0 Å². The van der Waals surface area contributed by atoms with Gasteiger partial charge in [-0.1, -0.05) is 12.1 Å². The lowest BCUT2D eigenvalue weighted by molar-refractivity contribution is 0.0956. The van der Waals surface area contributed by atoms with Crippen molar-refractivity contribution >= 4 is 32.6 Å². The quantitative estimate of drug-likeness (QED) is 0.644. The highest BCUT2D eigenvalue weighted by atomic mass is 32.2. The first-order valence-electron chi connectivity index (χ1n) is 8.51. The number of carbonyl (C=O) groups excluding carboxylic acids is 1. The number of anilines is 1. The van der Waals surface area contributed by atoms with Crippen LogP contribution in [0.1, 0.15) is 24.4 Å². The minimum absolute atomic E-state index is 0.0869. The maximum absolute atomic E-state index is 12.6. The molecular formula is C19H20N2O5S. The Morgan fingerprint density at radius 1 is 1.11 bits per heavy atom. The van der Waals surface area contributed by atoms with Crippen LogP contribution in [0.4, 0.5) is 5.69 Å². The fourth-order valence-corrected chi connectivity index (χ4v) is 3.74. The van der Waals surface area contributed by atoms with Gasteiger partial charge in [-0.25, -0.2) is 13.1 Å². The third kappa shape index (κ3) is 4.06. The van der Waals surface area contributed by atoms with E-state index < -0.39 is 15.9 Å². The molecule has 0 unspecified atom stereocenters. The van der Waals surface area contributed by atoms with E-state index in [1.165, 1.54) is 18.2 Å². The molecule has 3 rings (SSSR count). The van der Waals surface area contributed by atoms with Crippen molar-refractivity contribution in [3.63, 3.8) is 0 Å². The molecule has 1 amide bonds. The molecule has 7 nitrogen and oxygen atoms in total. The highest BCUT2D eigenvalue weighted by Crippen LogP contribution is 2.25. The summed E-state index contributed by atoms with van der Waals surface area (Å²) in [4.78, 5) is 12.3. The third-order valence-electron chi connectivity index (χ3n) is 3.79. The van der Waals surface area contributed by atoms with E-state index in [0.717, 1.165) is 12.2 Å². The predicted octanol–water partition coefficient (Wildman–Crippen LogP) is 3.38. The van der Waals surface area contributed by atoms with Crippen molar-refractivity contribution in [2.45, 2.75) is 18.7 Å². The number of para-hydroxylation sites is 1. The topological polar surface area (TPSA) is 97.6 Å². The van der Waals surface area contributed by atoms with Crippen LogP contribution in [0.25, 0.3) is 11.0 Å². The second kappa shape index (κ2) is 7.71. The van der Waals surface area contributed by atoms with Gasteiger partial charge in [0.2, 0.25) is 0 Å². The molecule has 3 aromatic rings. The molecule has 2 aromatic carbocycles. The summed E-state index contributed by atoms with van der Waals surface area (Å²) >= 11 is 0. The van der Waals surface area contributed by atoms with Crippen molar-refractivity contribution < 1.29 is 22.4 Å². The van der Waals surface area contributed by atoms with E-state index in [4.69, 9.17) is 9.15 Å². The van der Waals surface area contributed by atoms with E-state index in [1.807, 2.05) is 17.7 Å². The van der Waals surface area contributed by atoms with Crippen LogP contribution in [0, 0.1) is 0 Å². The number of furan rings is 1. The first kappa shape index (κ1) is 18.8. The smallest absolute Gasteiger partial charge is 0.300 e. The van der Waals surface area contributed by atoms with Crippen LogP contribution in [0.5, 0.6) is 5.75 Å². The van der Waals surface area contributed by atoms with E-state index in [1.54, 1.807) is 31.2 Å². The number of nitrogens with one attached hydrogen (secondary N) is 2. The highest BCUT2D eigenvalue weighted by molar-refractivity contribution is 7.90. The van der Waals surface area contributed by atoms with E-state index >= 15 is 0 Å². The van der Waals surface area contributed by atoms with Gasteiger partial charge < -0.3 is 14.5 Å². The van der Waals surface area contributed by atoms with Crippen LogP contribution in [0.15, 0.2) is 57.8 Å². The molecule has 0 aliphatic heterocycles. The number of carbonyl (C=O) groups is 1. The maximum atomic E-state index is 12.6. The zero-order valence-corrected chi connectivity index (χ0v) is 15.8. The van der Waals surface area contributed by atoms with Crippen LogP contribution < -0.4 is 14.8 Å². The first-order valence-corrected chi connectivity index (χ1v) is 9.99. The van der Waals surface area contributed by atoms with Gasteiger partial charge in [-0.15, -0.1) is 0 Å². The van der Waals surface area contributed by atoms with Gasteiger partial charge in [-0.3, -0.25) is 4.79 Å². The average molecular weight is 388 g/mol. The highest BCUT2D eigenvalue weighted by Gasteiger charge is 2.24. The lowest BCUT2D eigenvalue weighted by atomic mass is 10.2. The summed E-state index contributed by atoms with van der Waals surface area (Å²) in [7, 11) is -4.11. The van der Waals surface area contributed by atoms with Crippen molar-refractivity contribution in [3.8, 4) is 5.75 Å². The van der Waals surface area contributed by atoms with Gasteiger partial charge in [0.25, 0.3) is 10.0 Å². The summed E-state index contributed by atoms with van der Waals surface area (Å²) in [5, 5.41) is 3.85. The summed E-state index contributed by atoms with van der Waals surface area (Å²) in [5.74, 6) is -0.751. The molecule has 27 heavy (non-hydrogen) atoms. The summed E-state index contributed by atoms with van der Waals surface area (Å²) in [6, 6.07) is 13.1. The fourth-order valence-electron chi connectivity index (χ4n) is 2.63. The number of benzene rings is 2. The predicted molar refractivity (Wildman–Crippen MR) is 103 cm³/mol. The van der Waals surface area contributed by atoms with Crippen molar-refractivity contribution in [3.05, 3.63) is 54.3 Å². The summed E-state index contributed by atoms with van der Waals surface area (Å²) < 4.78 is 38.1. The number of amides is 1. The Kier molecular flexibility index (Phi) is 5.36. The second-order valence-corrected chi connectivity index (χ2v) is 7.36. The Hall–Kier alpha value is -3.00. The number of hydrogen-bond donors (Lipinski definition) is 2. The lowest BCUT2D eigenvalue weighted by Crippen LogP contribution is -2.30. The summed E-state index contributed by atoms with van der Waals surface area (Å²) in [6.07, 6.45) is 0. The molecule has 0 aliphatic carbocycles. The fraction of sp³-hybridized carbons (Fsp3) is 0.211. The molecule has 0 saturated carbocycles. The van der Waals surface area contributed by atoms with Gasteiger partial charge in [-0.05, 0) is 44.2 Å². The van der Waals surface area contributed by atoms with Gasteiger partial charge in [0.15, 0.2) is 5.76 Å². The van der Waals surface area contributed by atoms with Crippen LogP contribution in [-0.4, -0.2) is 27.5 Å². The third-order valence-corrected chi connectivity index (χ3v) is 5.16. The Balaban J connectivity index is 1.87. The first-order chi connectivity index (χ1) is 12.9. The molecule has 0 atom stereocenters. The Labute approximate surface area is 157 Å². The normalized spacial score (nSPS) is 11.3. The van der Waals surface area contributed by atoms with Crippen LogP contribution in [-0.2, 0) is 10.0 Å². The minimum atomic E-state index is -4.11. The van der Waals surface area contributed by atoms with Crippen molar-refractivity contribution in [1.82, 2.24) is 4.72 Å². The molecule has 0 bridgehead atoms. The van der Waals surface area contributed by atoms with Gasteiger partial charge >= 0.3 is 5.91 Å². The molecule has 8 heteroatoms. The van der Waals surface area contributed by atoms with Gasteiger partial charge in [0, 0.05) is 23.7 Å². The Morgan fingerprint density at radius 3 is 2.63 bits per heavy atom. The van der Waals surface area contributed by atoms with E-state index in [2.05, 4.69) is 5.32 Å². The van der Waals surface area contributed by atoms with E-state index in [9.17, 15) is 13.2 Å². The molecule has 1 heterocycles. The van der Waals surface area contributed by atoms with Crippen molar-refractivity contribution in [2.75, 3.05) is 18.5 Å². The number of rotatable bonds is 7. The molecule has 0 fully saturated rings. The van der Waals surface area contributed by atoms with Gasteiger partial charge in [-0.2, -0.15) is 0 Å². The lowest BCUT2D eigenvalue weighted by Gasteiger charge is -2.10. The maximum Gasteiger partial charge on any atom is 0.300 e. The van der Waals surface area contributed by atoms with Crippen molar-refractivity contribution in [2.24, 2.45) is 0 Å². The second-order valence-electron chi connectivity index (χ2n) is 5.71. The van der Waals surface area contributed by atoms with E-state index in [0.29, 0.717) is 17.6 Å². The number of fused-ring (bicyclic) bond motifs is 1. The molecule has 0 radical (unpaired) electrons. The van der Waals surface area contributed by atoms with Gasteiger partial charge in [0.05, 0.1) is 6.61 Å². The largest absolute Gasteiger partial charge is 0.492 e. The molecule has 0 spiro atoms. The number of ether oxygens (including phenoxy) is 1. The zero-order chi connectivity index (χ0) is 19.4. The number of sulfonamides is 1. The molecular weight excluding hydrogens is 368 g/mol. The molecule has 2 N–H and O–H groups in total. The van der Waals surface area contributed by atoms with Crippen LogP contribution in [0.3, 0.4) is 0 Å². The van der Waals surface area contributed by atoms with Gasteiger partial charge in [0.1, 0.15) is 16.2 Å². The van der Waals surface area contributed by atoms with Crippen molar-refractivity contribution in [1.29, 1.82) is 0 Å². The standard InChI is InChI=1S/C19H20N2O5S/c1-3-20-14-10-9-13-11-17(26-16(13)12-14)19(22)21-27(23,24)18-8-6-5-7-15(18)25-4-2/h5-12,20H,3-4H2,1-2H3,(H,21,22).